The number of hydrogen-bond acceptors (Lipinski definition) is 10. The molecule has 1 amide bonds. The minimum absolute atomic E-state index is 0.116. The van der Waals surface area contributed by atoms with E-state index in [4.69, 9.17) is 15.2 Å². The third kappa shape index (κ3) is 4.10. The maximum Gasteiger partial charge on any atom is 0.414 e. The van der Waals surface area contributed by atoms with Gasteiger partial charge in [-0.3, -0.25) is 14.7 Å². The highest BCUT2D eigenvalue weighted by Crippen LogP contribution is 2.33. The maximum absolute atomic E-state index is 14.8. The fraction of sp³-hybridized carbons (Fsp3) is 0.316. The molecular weight excluding hydrogens is 409 g/mol. The number of hydrogen-bond donors (Lipinski definition) is 1. The van der Waals surface area contributed by atoms with Crippen molar-refractivity contribution in [3.05, 3.63) is 48.0 Å². The van der Waals surface area contributed by atoms with Crippen LogP contribution in [0.2, 0.25) is 0 Å². The van der Waals surface area contributed by atoms with Crippen molar-refractivity contribution in [3.8, 4) is 11.1 Å². The fourth-order valence-corrected chi connectivity index (χ4v) is 3.14. The summed E-state index contributed by atoms with van der Waals surface area (Å²) >= 11 is 0. The predicted molar refractivity (Wildman–Crippen MR) is 104 cm³/mol. The molecule has 1 aromatic heterocycles. The molecule has 0 bridgehead atoms. The van der Waals surface area contributed by atoms with Crippen LogP contribution in [0.3, 0.4) is 0 Å². The van der Waals surface area contributed by atoms with Gasteiger partial charge in [0.25, 0.3) is 0 Å². The first-order valence-electron chi connectivity index (χ1n) is 9.34. The van der Waals surface area contributed by atoms with Gasteiger partial charge in [-0.15, -0.1) is 10.2 Å². The fourth-order valence-electron chi connectivity index (χ4n) is 3.14. The number of carbonyl (C=O) groups excluding carboxylic acids is 2. The molecule has 2 aliphatic heterocycles. The van der Waals surface area contributed by atoms with Gasteiger partial charge in [-0.1, -0.05) is 6.07 Å². The zero-order valence-electron chi connectivity index (χ0n) is 16.4. The van der Waals surface area contributed by atoms with E-state index < -0.39 is 29.6 Å². The summed E-state index contributed by atoms with van der Waals surface area (Å²) in [5, 5.41) is 14.9. The van der Waals surface area contributed by atoms with Gasteiger partial charge in [-0.2, -0.15) is 0 Å². The second-order valence-corrected chi connectivity index (χ2v) is 7.00. The Labute approximate surface area is 175 Å². The molecule has 2 N–H and O–H groups in total. The molecule has 1 atom stereocenters. The van der Waals surface area contributed by atoms with E-state index in [0.717, 1.165) is 0 Å². The normalized spacial score (nSPS) is 19.0. The Hall–Kier alpha value is -3.80. The summed E-state index contributed by atoms with van der Waals surface area (Å²) in [6.07, 6.45) is 0.197. The van der Waals surface area contributed by atoms with Crippen LogP contribution in [0.1, 0.15) is 12.6 Å². The number of rotatable bonds is 6. The standard InChI is InChI=1S/C19H18FN7O4/c1-19(23-25-26-24-19)16-5-2-11(8-22-16)14-4-3-12(6-15(14)20)27-9-13(31-18(27)29)10-30-17(28)7-21/h2-6,8,13H,7,9-10,21H2,1H3/t13-/m1/s1. The van der Waals surface area contributed by atoms with Crippen molar-refractivity contribution >= 4 is 17.7 Å². The van der Waals surface area contributed by atoms with Crippen LogP contribution >= 0.6 is 0 Å². The van der Waals surface area contributed by atoms with Gasteiger partial charge in [0, 0.05) is 17.3 Å². The van der Waals surface area contributed by atoms with E-state index in [1.54, 1.807) is 31.2 Å². The Bertz CT molecular complexity index is 1060. The molecule has 12 heteroatoms. The zero-order chi connectivity index (χ0) is 22.0. The first kappa shape index (κ1) is 20.5. The molecule has 11 nitrogen and oxygen atoms in total. The van der Waals surface area contributed by atoms with E-state index in [9.17, 15) is 14.0 Å². The summed E-state index contributed by atoms with van der Waals surface area (Å²) < 4.78 is 24.9. The molecule has 2 aromatic rings. The van der Waals surface area contributed by atoms with Crippen molar-refractivity contribution in [1.82, 2.24) is 4.98 Å². The van der Waals surface area contributed by atoms with E-state index in [-0.39, 0.29) is 19.7 Å². The van der Waals surface area contributed by atoms with Crippen molar-refractivity contribution in [2.45, 2.75) is 18.7 Å². The number of halogens is 1. The highest BCUT2D eigenvalue weighted by Gasteiger charge is 2.34. The average Bonchev–Trinajstić information content (AvgIpc) is 3.38. The van der Waals surface area contributed by atoms with Crippen LogP contribution in [0.4, 0.5) is 14.9 Å². The van der Waals surface area contributed by atoms with Crippen molar-refractivity contribution in [3.63, 3.8) is 0 Å². The number of cyclic esters (lactones) is 1. The van der Waals surface area contributed by atoms with E-state index in [1.165, 1.54) is 17.2 Å². The average molecular weight is 427 g/mol. The van der Waals surface area contributed by atoms with E-state index in [1.807, 2.05) is 0 Å². The van der Waals surface area contributed by atoms with Gasteiger partial charge in [0.15, 0.2) is 6.10 Å². The molecule has 0 aliphatic carbocycles. The van der Waals surface area contributed by atoms with Crippen LogP contribution in [0, 0.1) is 5.82 Å². The first-order valence-corrected chi connectivity index (χ1v) is 9.34. The molecule has 0 spiro atoms. The van der Waals surface area contributed by atoms with Crippen molar-refractivity contribution < 1.29 is 23.5 Å². The van der Waals surface area contributed by atoms with Crippen molar-refractivity contribution in [2.24, 2.45) is 26.4 Å². The molecule has 3 heterocycles. The monoisotopic (exact) mass is 427 g/mol. The van der Waals surface area contributed by atoms with E-state index >= 15 is 0 Å². The summed E-state index contributed by atoms with van der Waals surface area (Å²) in [5.41, 5.74) is 5.89. The molecule has 1 saturated heterocycles. The van der Waals surface area contributed by atoms with Crippen LogP contribution in [0.15, 0.2) is 57.2 Å². The predicted octanol–water partition coefficient (Wildman–Crippen LogP) is 2.72. The minimum Gasteiger partial charge on any atom is -0.461 e. The maximum atomic E-state index is 14.8. The second kappa shape index (κ2) is 8.14. The molecule has 1 fully saturated rings. The van der Waals surface area contributed by atoms with Gasteiger partial charge in [-0.25, -0.2) is 9.18 Å². The van der Waals surface area contributed by atoms with Gasteiger partial charge in [0.2, 0.25) is 5.66 Å². The lowest BCUT2D eigenvalue weighted by molar-refractivity contribution is -0.144. The highest BCUT2D eigenvalue weighted by molar-refractivity contribution is 5.90. The molecule has 0 radical (unpaired) electrons. The highest BCUT2D eigenvalue weighted by atomic mass is 19.1. The summed E-state index contributed by atoms with van der Waals surface area (Å²) in [6, 6.07) is 7.76. The first-order chi connectivity index (χ1) is 14.9. The molecule has 31 heavy (non-hydrogen) atoms. The van der Waals surface area contributed by atoms with Gasteiger partial charge < -0.3 is 15.2 Å². The van der Waals surface area contributed by atoms with E-state index in [0.29, 0.717) is 22.5 Å². The third-order valence-corrected chi connectivity index (χ3v) is 4.81. The van der Waals surface area contributed by atoms with Crippen LogP contribution in [0.5, 0.6) is 0 Å². The molecule has 0 saturated carbocycles. The lowest BCUT2D eigenvalue weighted by atomic mass is 10.0. The number of amides is 1. The Kier molecular flexibility index (Phi) is 5.38. The number of esters is 1. The SMILES string of the molecule is CC1(c2ccc(-c3ccc(N4C[C@H](COC(=O)CN)OC4=O)cc3F)cn2)N=NN=N1. The molecule has 4 rings (SSSR count). The number of benzene rings is 1. The molecule has 160 valence electrons. The van der Waals surface area contributed by atoms with Crippen LogP contribution in [0.25, 0.3) is 11.1 Å². The molecule has 0 unspecified atom stereocenters. The number of aromatic nitrogens is 1. The van der Waals surface area contributed by atoms with Crippen LogP contribution in [-0.2, 0) is 19.9 Å². The largest absolute Gasteiger partial charge is 0.461 e. The zero-order valence-corrected chi connectivity index (χ0v) is 16.4. The van der Waals surface area contributed by atoms with E-state index in [2.05, 4.69) is 25.7 Å². The minimum atomic E-state index is -0.980. The Morgan fingerprint density at radius 1 is 1.32 bits per heavy atom. The second-order valence-electron chi connectivity index (χ2n) is 7.00. The number of nitrogens with zero attached hydrogens (tertiary/aromatic N) is 6. The third-order valence-electron chi connectivity index (χ3n) is 4.81. The topological polar surface area (TPSA) is 144 Å². The number of pyridine rings is 1. The van der Waals surface area contributed by atoms with Crippen LogP contribution < -0.4 is 10.6 Å². The van der Waals surface area contributed by atoms with Gasteiger partial charge in [0.1, 0.15) is 12.4 Å². The van der Waals surface area contributed by atoms with Crippen molar-refractivity contribution in [1.29, 1.82) is 0 Å². The molecule has 2 aliphatic rings. The Morgan fingerprint density at radius 2 is 2.10 bits per heavy atom. The number of ether oxygens (including phenoxy) is 2. The smallest absolute Gasteiger partial charge is 0.414 e. The summed E-state index contributed by atoms with van der Waals surface area (Å²) in [5.74, 6) is -1.14. The summed E-state index contributed by atoms with van der Waals surface area (Å²) in [7, 11) is 0. The Morgan fingerprint density at radius 3 is 2.74 bits per heavy atom. The molecule has 1 aromatic carbocycles. The summed E-state index contributed by atoms with van der Waals surface area (Å²) in [6.45, 7) is 1.45. The number of anilines is 1. The lowest BCUT2D eigenvalue weighted by Gasteiger charge is -2.15. The van der Waals surface area contributed by atoms with Gasteiger partial charge in [-0.05, 0) is 41.6 Å². The van der Waals surface area contributed by atoms with Gasteiger partial charge in [0.05, 0.1) is 24.5 Å². The molecular formula is C19H18FN7O4. The van der Waals surface area contributed by atoms with Crippen molar-refractivity contribution in [2.75, 3.05) is 24.6 Å². The lowest BCUT2D eigenvalue weighted by Crippen LogP contribution is -2.28. The van der Waals surface area contributed by atoms with Crippen LogP contribution in [-0.4, -0.2) is 42.8 Å². The number of nitrogens with two attached hydrogens (primary N) is 1. The van der Waals surface area contributed by atoms with Gasteiger partial charge >= 0.3 is 12.1 Å². The summed E-state index contributed by atoms with van der Waals surface area (Å²) in [4.78, 5) is 28.9. The quantitative estimate of drug-likeness (QED) is 0.702. The Balaban J connectivity index is 1.48. The number of carbonyl (C=O) groups is 2.